The first kappa shape index (κ1) is 15.5. The van der Waals surface area contributed by atoms with Gasteiger partial charge in [-0.05, 0) is 26.0 Å². The average Bonchev–Trinajstić information content (AvgIpc) is 2.41. The van der Waals surface area contributed by atoms with Gasteiger partial charge in [0.2, 0.25) is 0 Å². The molecule has 0 fully saturated rings. The van der Waals surface area contributed by atoms with Crippen LogP contribution in [0.4, 0.5) is 0 Å². The number of carbonyl (C=O) groups is 1. The van der Waals surface area contributed by atoms with E-state index in [0.717, 1.165) is 31.7 Å². The van der Waals surface area contributed by atoms with Gasteiger partial charge >= 0.3 is 5.97 Å². The van der Waals surface area contributed by atoms with Crippen molar-refractivity contribution in [2.45, 2.75) is 19.9 Å². The number of aliphatic carboxylic acids is 1. The van der Waals surface area contributed by atoms with Crippen LogP contribution in [0.3, 0.4) is 0 Å². The molecule has 0 aliphatic rings. The van der Waals surface area contributed by atoms with Gasteiger partial charge in [0.1, 0.15) is 5.75 Å². The molecule has 0 aliphatic heterocycles. The summed E-state index contributed by atoms with van der Waals surface area (Å²) in [6, 6.07) is 7.44. The molecule has 0 aromatic heterocycles. The summed E-state index contributed by atoms with van der Waals surface area (Å²) >= 11 is 0. The fraction of sp³-hybridized carbons (Fsp3) is 0.500. The Morgan fingerprint density at radius 1 is 1.37 bits per heavy atom. The van der Waals surface area contributed by atoms with Crippen LogP contribution < -0.4 is 10.1 Å². The topological polar surface area (TPSA) is 67.8 Å². The maximum atomic E-state index is 10.5. The highest BCUT2D eigenvalue weighted by Crippen LogP contribution is 2.17. The fourth-order valence-corrected chi connectivity index (χ4v) is 1.60. The molecule has 0 heterocycles. The first-order valence-corrected chi connectivity index (χ1v) is 6.45. The van der Waals surface area contributed by atoms with E-state index >= 15 is 0 Å². The zero-order valence-corrected chi connectivity index (χ0v) is 11.2. The first-order chi connectivity index (χ1) is 9.24. The number of para-hydroxylation sites is 1. The molecule has 5 nitrogen and oxygen atoms in total. The summed E-state index contributed by atoms with van der Waals surface area (Å²) in [5.74, 6) is -0.360. The first-order valence-electron chi connectivity index (χ1n) is 6.45. The lowest BCUT2D eigenvalue weighted by molar-refractivity contribution is -0.139. The number of benzene rings is 1. The standard InChI is InChI=1S/C14H21NO4/c1-2-18-9-5-8-15-10-12-6-3-4-7-13(12)19-11-14(16)17/h3-4,6-7,15H,2,5,8-11H2,1H3,(H,16,17). The average molecular weight is 267 g/mol. The molecule has 0 unspecified atom stereocenters. The lowest BCUT2D eigenvalue weighted by Gasteiger charge is -2.10. The van der Waals surface area contributed by atoms with Gasteiger partial charge in [0, 0.05) is 25.3 Å². The van der Waals surface area contributed by atoms with Crippen molar-refractivity contribution >= 4 is 5.97 Å². The van der Waals surface area contributed by atoms with E-state index in [4.69, 9.17) is 14.6 Å². The van der Waals surface area contributed by atoms with Crippen LogP contribution in [0, 0.1) is 0 Å². The minimum atomic E-state index is -0.973. The van der Waals surface area contributed by atoms with Crippen molar-refractivity contribution in [3.8, 4) is 5.75 Å². The summed E-state index contributed by atoms with van der Waals surface area (Å²) in [5, 5.41) is 11.9. The lowest BCUT2D eigenvalue weighted by atomic mass is 10.2. The highest BCUT2D eigenvalue weighted by Gasteiger charge is 2.04. The smallest absolute Gasteiger partial charge is 0.341 e. The van der Waals surface area contributed by atoms with Crippen molar-refractivity contribution in [1.82, 2.24) is 5.32 Å². The molecule has 0 saturated heterocycles. The maximum Gasteiger partial charge on any atom is 0.341 e. The maximum absolute atomic E-state index is 10.5. The second-order valence-electron chi connectivity index (χ2n) is 4.02. The Bertz CT molecular complexity index is 381. The third-order valence-electron chi connectivity index (χ3n) is 2.49. The molecule has 0 bridgehead atoms. The molecule has 0 aliphatic carbocycles. The zero-order chi connectivity index (χ0) is 13.9. The van der Waals surface area contributed by atoms with Crippen molar-refractivity contribution in [2.75, 3.05) is 26.4 Å². The molecule has 0 amide bonds. The number of hydrogen-bond donors (Lipinski definition) is 2. The zero-order valence-electron chi connectivity index (χ0n) is 11.2. The molecule has 1 aromatic rings. The molecule has 0 saturated carbocycles. The van der Waals surface area contributed by atoms with Crippen LogP contribution >= 0.6 is 0 Å². The number of rotatable bonds is 10. The van der Waals surface area contributed by atoms with Crippen molar-refractivity contribution < 1.29 is 19.4 Å². The summed E-state index contributed by atoms with van der Waals surface area (Å²) in [4.78, 5) is 10.5. The van der Waals surface area contributed by atoms with Gasteiger partial charge in [-0.2, -0.15) is 0 Å². The SMILES string of the molecule is CCOCCCNCc1ccccc1OCC(=O)O. The Labute approximate surface area is 113 Å². The summed E-state index contributed by atoms with van der Waals surface area (Å²) in [6.45, 7) is 4.66. The van der Waals surface area contributed by atoms with Crippen LogP contribution in [-0.4, -0.2) is 37.4 Å². The summed E-state index contributed by atoms with van der Waals surface area (Å²) < 4.78 is 10.5. The van der Waals surface area contributed by atoms with Gasteiger partial charge in [-0.3, -0.25) is 0 Å². The number of ether oxygens (including phenoxy) is 2. The number of nitrogens with one attached hydrogen (secondary N) is 1. The van der Waals surface area contributed by atoms with E-state index in [9.17, 15) is 4.79 Å². The molecular weight excluding hydrogens is 246 g/mol. The van der Waals surface area contributed by atoms with Crippen LogP contribution in [0.1, 0.15) is 18.9 Å². The predicted octanol–water partition coefficient (Wildman–Crippen LogP) is 1.67. The highest BCUT2D eigenvalue weighted by molar-refractivity contribution is 5.68. The largest absolute Gasteiger partial charge is 0.482 e. The second-order valence-corrected chi connectivity index (χ2v) is 4.02. The van der Waals surface area contributed by atoms with E-state index in [-0.39, 0.29) is 6.61 Å². The van der Waals surface area contributed by atoms with Gasteiger partial charge in [-0.1, -0.05) is 18.2 Å². The Kier molecular flexibility index (Phi) is 7.62. The number of hydrogen-bond acceptors (Lipinski definition) is 4. The van der Waals surface area contributed by atoms with Gasteiger partial charge in [-0.25, -0.2) is 4.79 Å². The van der Waals surface area contributed by atoms with Crippen molar-refractivity contribution in [2.24, 2.45) is 0 Å². The third kappa shape index (κ3) is 6.79. The Morgan fingerprint density at radius 3 is 2.89 bits per heavy atom. The minimum absolute atomic E-state index is 0.318. The normalized spacial score (nSPS) is 10.4. The predicted molar refractivity (Wildman–Crippen MR) is 72.4 cm³/mol. The van der Waals surface area contributed by atoms with Crippen molar-refractivity contribution in [3.63, 3.8) is 0 Å². The van der Waals surface area contributed by atoms with Crippen LogP contribution in [0.2, 0.25) is 0 Å². The molecule has 106 valence electrons. The Morgan fingerprint density at radius 2 is 2.16 bits per heavy atom. The molecule has 19 heavy (non-hydrogen) atoms. The second kappa shape index (κ2) is 9.35. The summed E-state index contributed by atoms with van der Waals surface area (Å²) in [5.41, 5.74) is 0.958. The van der Waals surface area contributed by atoms with E-state index in [1.807, 2.05) is 25.1 Å². The van der Waals surface area contributed by atoms with Gasteiger partial charge < -0.3 is 19.9 Å². The Balaban J connectivity index is 2.33. The van der Waals surface area contributed by atoms with Crippen LogP contribution in [0.15, 0.2) is 24.3 Å². The molecule has 1 aromatic carbocycles. The quantitative estimate of drug-likeness (QED) is 0.631. The van der Waals surface area contributed by atoms with Crippen LogP contribution in [-0.2, 0) is 16.1 Å². The fourth-order valence-electron chi connectivity index (χ4n) is 1.60. The molecule has 2 N–H and O–H groups in total. The van der Waals surface area contributed by atoms with E-state index < -0.39 is 5.97 Å². The molecule has 5 heteroatoms. The summed E-state index contributed by atoms with van der Waals surface area (Å²) in [7, 11) is 0. The van der Waals surface area contributed by atoms with Crippen molar-refractivity contribution in [1.29, 1.82) is 0 Å². The molecular formula is C14H21NO4. The monoisotopic (exact) mass is 267 g/mol. The number of carboxylic acid groups (broad SMARTS) is 1. The van der Waals surface area contributed by atoms with E-state index in [1.165, 1.54) is 0 Å². The van der Waals surface area contributed by atoms with E-state index in [0.29, 0.717) is 12.3 Å². The third-order valence-corrected chi connectivity index (χ3v) is 2.49. The number of carboxylic acids is 1. The lowest BCUT2D eigenvalue weighted by Crippen LogP contribution is -2.18. The Hall–Kier alpha value is -1.59. The van der Waals surface area contributed by atoms with E-state index in [1.54, 1.807) is 6.07 Å². The van der Waals surface area contributed by atoms with Gasteiger partial charge in [0.05, 0.1) is 0 Å². The van der Waals surface area contributed by atoms with Crippen LogP contribution in [0.5, 0.6) is 5.75 Å². The van der Waals surface area contributed by atoms with Gasteiger partial charge in [0.15, 0.2) is 6.61 Å². The minimum Gasteiger partial charge on any atom is -0.482 e. The van der Waals surface area contributed by atoms with Gasteiger partial charge in [-0.15, -0.1) is 0 Å². The summed E-state index contributed by atoms with van der Waals surface area (Å²) in [6.07, 6.45) is 0.950. The van der Waals surface area contributed by atoms with E-state index in [2.05, 4.69) is 5.32 Å². The highest BCUT2D eigenvalue weighted by atomic mass is 16.5. The molecule has 0 atom stereocenters. The van der Waals surface area contributed by atoms with Gasteiger partial charge in [0.25, 0.3) is 0 Å². The molecule has 1 rings (SSSR count). The van der Waals surface area contributed by atoms with Crippen LogP contribution in [0.25, 0.3) is 0 Å². The van der Waals surface area contributed by atoms with Crippen molar-refractivity contribution in [3.05, 3.63) is 29.8 Å². The molecule has 0 spiro atoms. The molecule has 0 radical (unpaired) electrons.